The molecule has 2 rings (SSSR count). The summed E-state index contributed by atoms with van der Waals surface area (Å²) in [4.78, 5) is 10.4. The standard InChI is InChI=1S/C13H18N2O5S/c1-21(18,19)11-5-6-12(13(8-11)15(16)17)14-9-10-4-2-3-7-20-10/h5-6,8,10,14H,2-4,7,9H2,1H3. The Labute approximate surface area is 123 Å². The van der Waals surface area contributed by atoms with Gasteiger partial charge >= 0.3 is 0 Å². The lowest BCUT2D eigenvalue weighted by atomic mass is 10.1. The Morgan fingerprint density at radius 2 is 2.19 bits per heavy atom. The summed E-state index contributed by atoms with van der Waals surface area (Å²) in [5, 5.41) is 14.1. The van der Waals surface area contributed by atoms with E-state index < -0.39 is 14.8 Å². The number of sulfone groups is 1. The fourth-order valence-electron chi connectivity index (χ4n) is 2.23. The molecule has 1 fully saturated rings. The molecular formula is C13H18N2O5S. The SMILES string of the molecule is CS(=O)(=O)c1ccc(NCC2CCCCO2)c([N+](=O)[O-])c1. The molecular weight excluding hydrogens is 296 g/mol. The predicted octanol–water partition coefficient (Wildman–Crippen LogP) is 1.98. The van der Waals surface area contributed by atoms with E-state index in [1.54, 1.807) is 0 Å². The van der Waals surface area contributed by atoms with Gasteiger partial charge in [0.15, 0.2) is 9.84 Å². The average Bonchev–Trinajstić information content (AvgIpc) is 2.45. The summed E-state index contributed by atoms with van der Waals surface area (Å²) in [7, 11) is -3.47. The Bertz CT molecular complexity index is 623. The molecule has 0 bridgehead atoms. The van der Waals surface area contributed by atoms with Gasteiger partial charge in [-0.2, -0.15) is 0 Å². The first-order valence-electron chi connectivity index (χ1n) is 6.72. The van der Waals surface area contributed by atoms with E-state index in [0.717, 1.165) is 31.6 Å². The number of nitro groups is 1. The molecule has 1 aliphatic rings. The van der Waals surface area contributed by atoms with Crippen molar-refractivity contribution in [3.8, 4) is 0 Å². The fourth-order valence-corrected chi connectivity index (χ4v) is 2.88. The molecule has 0 aromatic heterocycles. The summed E-state index contributed by atoms with van der Waals surface area (Å²) >= 11 is 0. The van der Waals surface area contributed by atoms with Crippen LogP contribution in [-0.4, -0.2) is 38.9 Å². The number of nitrogens with zero attached hydrogens (tertiary/aromatic N) is 1. The number of hydrogen-bond acceptors (Lipinski definition) is 6. The first-order chi connectivity index (χ1) is 9.88. The lowest BCUT2D eigenvalue weighted by Gasteiger charge is -2.23. The molecule has 7 nitrogen and oxygen atoms in total. The van der Waals surface area contributed by atoms with E-state index in [2.05, 4.69) is 5.32 Å². The number of ether oxygens (including phenoxy) is 1. The van der Waals surface area contributed by atoms with Crippen molar-refractivity contribution in [2.75, 3.05) is 24.7 Å². The Hall–Kier alpha value is -1.67. The van der Waals surface area contributed by atoms with Crippen molar-refractivity contribution in [1.82, 2.24) is 0 Å². The molecule has 1 aliphatic heterocycles. The lowest BCUT2D eigenvalue weighted by molar-refractivity contribution is -0.384. The zero-order valence-corrected chi connectivity index (χ0v) is 12.6. The van der Waals surface area contributed by atoms with Crippen molar-refractivity contribution in [2.45, 2.75) is 30.3 Å². The van der Waals surface area contributed by atoms with Gasteiger partial charge in [0.2, 0.25) is 0 Å². The molecule has 1 atom stereocenters. The van der Waals surface area contributed by atoms with Crippen LogP contribution in [0.4, 0.5) is 11.4 Å². The smallest absolute Gasteiger partial charge is 0.293 e. The van der Waals surface area contributed by atoms with E-state index in [-0.39, 0.29) is 16.7 Å². The molecule has 1 aromatic carbocycles. The fraction of sp³-hybridized carbons (Fsp3) is 0.538. The Kier molecular flexibility index (Phi) is 4.79. The summed E-state index contributed by atoms with van der Waals surface area (Å²) < 4.78 is 28.5. The normalized spacial score (nSPS) is 19.2. The van der Waals surface area contributed by atoms with E-state index in [0.29, 0.717) is 18.8 Å². The number of nitro benzene ring substituents is 1. The highest BCUT2D eigenvalue weighted by Gasteiger charge is 2.20. The topological polar surface area (TPSA) is 98.5 Å². The summed E-state index contributed by atoms with van der Waals surface area (Å²) in [5.41, 5.74) is 0.0651. The quantitative estimate of drug-likeness (QED) is 0.659. The molecule has 1 saturated heterocycles. The van der Waals surface area contributed by atoms with E-state index in [4.69, 9.17) is 4.74 Å². The van der Waals surface area contributed by atoms with Gasteiger partial charge in [-0.3, -0.25) is 10.1 Å². The maximum atomic E-state index is 11.5. The molecule has 1 aromatic rings. The second kappa shape index (κ2) is 6.40. The summed E-state index contributed by atoms with van der Waals surface area (Å²) in [6.07, 6.45) is 4.10. The van der Waals surface area contributed by atoms with Crippen LogP contribution in [-0.2, 0) is 14.6 Å². The summed E-state index contributed by atoms with van der Waals surface area (Å²) in [6.45, 7) is 1.18. The maximum Gasteiger partial charge on any atom is 0.293 e. The van der Waals surface area contributed by atoms with E-state index in [9.17, 15) is 18.5 Å². The summed E-state index contributed by atoms with van der Waals surface area (Å²) in [5.74, 6) is 0. The molecule has 0 saturated carbocycles. The number of benzene rings is 1. The number of anilines is 1. The number of rotatable bonds is 5. The van der Waals surface area contributed by atoms with Crippen LogP contribution in [0.3, 0.4) is 0 Å². The van der Waals surface area contributed by atoms with Gasteiger partial charge < -0.3 is 10.1 Å². The average molecular weight is 314 g/mol. The van der Waals surface area contributed by atoms with Crippen molar-refractivity contribution in [3.05, 3.63) is 28.3 Å². The van der Waals surface area contributed by atoms with E-state index in [1.807, 2.05) is 0 Å². The first-order valence-corrected chi connectivity index (χ1v) is 8.61. The second-order valence-electron chi connectivity index (χ2n) is 5.08. The highest BCUT2D eigenvalue weighted by Crippen LogP contribution is 2.28. The molecule has 0 spiro atoms. The van der Waals surface area contributed by atoms with Crippen LogP contribution in [0.2, 0.25) is 0 Å². The van der Waals surface area contributed by atoms with E-state index in [1.165, 1.54) is 12.1 Å². The van der Waals surface area contributed by atoms with Crippen molar-refractivity contribution < 1.29 is 18.1 Å². The zero-order chi connectivity index (χ0) is 15.5. The zero-order valence-electron chi connectivity index (χ0n) is 11.7. The minimum atomic E-state index is -3.47. The van der Waals surface area contributed by atoms with Crippen molar-refractivity contribution >= 4 is 21.2 Å². The van der Waals surface area contributed by atoms with Crippen LogP contribution in [0.5, 0.6) is 0 Å². The Morgan fingerprint density at radius 1 is 1.43 bits per heavy atom. The van der Waals surface area contributed by atoms with Crippen LogP contribution >= 0.6 is 0 Å². The third-order valence-corrected chi connectivity index (χ3v) is 4.50. The van der Waals surface area contributed by atoms with Gasteiger partial charge in [0.25, 0.3) is 5.69 Å². The molecule has 1 unspecified atom stereocenters. The van der Waals surface area contributed by atoms with Crippen molar-refractivity contribution in [3.63, 3.8) is 0 Å². The lowest BCUT2D eigenvalue weighted by Crippen LogP contribution is -2.27. The molecule has 116 valence electrons. The molecule has 0 radical (unpaired) electrons. The van der Waals surface area contributed by atoms with Gasteiger partial charge in [0.05, 0.1) is 15.9 Å². The molecule has 0 aliphatic carbocycles. The van der Waals surface area contributed by atoms with Gasteiger partial charge in [-0.1, -0.05) is 0 Å². The van der Waals surface area contributed by atoms with Gasteiger partial charge in [-0.25, -0.2) is 8.42 Å². The van der Waals surface area contributed by atoms with Gasteiger partial charge in [-0.05, 0) is 31.4 Å². The van der Waals surface area contributed by atoms with Crippen molar-refractivity contribution in [2.24, 2.45) is 0 Å². The monoisotopic (exact) mass is 314 g/mol. The number of hydrogen-bond donors (Lipinski definition) is 1. The van der Waals surface area contributed by atoms with Gasteiger partial charge in [0, 0.05) is 25.5 Å². The molecule has 0 amide bonds. The van der Waals surface area contributed by atoms with Crippen LogP contribution in [0, 0.1) is 10.1 Å². The van der Waals surface area contributed by atoms with Crippen LogP contribution in [0.1, 0.15) is 19.3 Å². The van der Waals surface area contributed by atoms with Crippen molar-refractivity contribution in [1.29, 1.82) is 0 Å². The van der Waals surface area contributed by atoms with Gasteiger partial charge in [0.1, 0.15) is 5.69 Å². The highest BCUT2D eigenvalue weighted by atomic mass is 32.2. The third-order valence-electron chi connectivity index (χ3n) is 3.39. The molecule has 1 N–H and O–H groups in total. The first kappa shape index (κ1) is 15.7. The Morgan fingerprint density at radius 3 is 2.76 bits per heavy atom. The van der Waals surface area contributed by atoms with Crippen LogP contribution in [0.15, 0.2) is 23.1 Å². The second-order valence-corrected chi connectivity index (χ2v) is 7.09. The highest BCUT2D eigenvalue weighted by molar-refractivity contribution is 7.90. The summed E-state index contributed by atoms with van der Waals surface area (Å²) in [6, 6.07) is 3.88. The number of nitrogens with one attached hydrogen (secondary N) is 1. The molecule has 8 heteroatoms. The van der Waals surface area contributed by atoms with Gasteiger partial charge in [-0.15, -0.1) is 0 Å². The predicted molar refractivity (Wildman–Crippen MR) is 78.3 cm³/mol. The van der Waals surface area contributed by atoms with Crippen LogP contribution in [0.25, 0.3) is 0 Å². The van der Waals surface area contributed by atoms with E-state index >= 15 is 0 Å². The minimum absolute atomic E-state index is 0.0351. The largest absolute Gasteiger partial charge is 0.377 e. The molecule has 1 heterocycles. The van der Waals surface area contributed by atoms with Crippen LogP contribution < -0.4 is 5.32 Å². The maximum absolute atomic E-state index is 11.5. The minimum Gasteiger partial charge on any atom is -0.377 e. The molecule has 21 heavy (non-hydrogen) atoms. The third kappa shape index (κ3) is 4.15. The Balaban J connectivity index is 2.16.